The second kappa shape index (κ2) is 12.1. The predicted molar refractivity (Wildman–Crippen MR) is 138 cm³/mol. The number of sulfonamides is 1. The number of rotatable bonds is 12. The minimum Gasteiger partial charge on any atom is -0.495 e. The molecule has 196 valence electrons. The number of nitro groups is 1. The molecule has 3 aromatic carbocycles. The molecule has 0 heterocycles. The molecule has 0 aromatic heterocycles. The molecule has 0 spiro atoms. The van der Waals surface area contributed by atoms with Crippen molar-refractivity contribution in [2.45, 2.75) is 6.54 Å². The van der Waals surface area contributed by atoms with E-state index in [4.69, 9.17) is 14.2 Å². The van der Waals surface area contributed by atoms with Crippen LogP contribution in [0.4, 0.5) is 11.4 Å². The molecular weight excluding hydrogens is 502 g/mol. The summed E-state index contributed by atoms with van der Waals surface area (Å²) in [5.41, 5.74) is 0.706. The quantitative estimate of drug-likeness (QED) is 0.214. The normalized spacial score (nSPS) is 10.9. The Balaban J connectivity index is 1.67. The van der Waals surface area contributed by atoms with E-state index in [-0.39, 0.29) is 42.7 Å². The average molecular weight is 530 g/mol. The number of nitro benzene ring substituents is 1. The topological polar surface area (TPSA) is 137 Å². The van der Waals surface area contributed by atoms with Gasteiger partial charge in [-0.25, -0.2) is 8.42 Å². The van der Waals surface area contributed by atoms with Crippen molar-refractivity contribution in [2.75, 3.05) is 37.9 Å². The van der Waals surface area contributed by atoms with Crippen LogP contribution in [0.5, 0.6) is 17.2 Å². The zero-order chi connectivity index (χ0) is 27.0. The Hall–Kier alpha value is -4.32. The van der Waals surface area contributed by atoms with E-state index in [9.17, 15) is 23.3 Å². The second-order valence-corrected chi connectivity index (χ2v) is 9.74. The maximum atomic E-state index is 12.6. The summed E-state index contributed by atoms with van der Waals surface area (Å²) in [6.45, 7) is 0.372. The number of ether oxygens (including phenoxy) is 3. The zero-order valence-electron chi connectivity index (χ0n) is 20.5. The van der Waals surface area contributed by atoms with Crippen LogP contribution in [-0.2, 0) is 16.6 Å². The summed E-state index contributed by atoms with van der Waals surface area (Å²) >= 11 is 0. The van der Waals surface area contributed by atoms with Gasteiger partial charge in [-0.3, -0.25) is 19.2 Å². The van der Waals surface area contributed by atoms with E-state index in [1.54, 1.807) is 43.5 Å². The van der Waals surface area contributed by atoms with E-state index in [1.165, 1.54) is 19.2 Å². The van der Waals surface area contributed by atoms with Gasteiger partial charge in [0, 0.05) is 17.7 Å². The number of hydrogen-bond donors (Lipinski definition) is 1. The van der Waals surface area contributed by atoms with Crippen LogP contribution in [0.15, 0.2) is 66.7 Å². The van der Waals surface area contributed by atoms with Crippen LogP contribution in [-0.4, -0.2) is 52.9 Å². The molecule has 37 heavy (non-hydrogen) atoms. The Morgan fingerprint density at radius 3 is 2.22 bits per heavy atom. The van der Waals surface area contributed by atoms with Gasteiger partial charge >= 0.3 is 0 Å². The van der Waals surface area contributed by atoms with E-state index in [2.05, 4.69) is 5.32 Å². The molecule has 0 aliphatic heterocycles. The van der Waals surface area contributed by atoms with Gasteiger partial charge in [0.15, 0.2) is 11.5 Å². The van der Waals surface area contributed by atoms with E-state index >= 15 is 0 Å². The fourth-order valence-electron chi connectivity index (χ4n) is 3.46. The first kappa shape index (κ1) is 27.3. The third-order valence-electron chi connectivity index (χ3n) is 5.30. The van der Waals surface area contributed by atoms with Crippen molar-refractivity contribution in [1.29, 1.82) is 0 Å². The molecule has 11 nitrogen and oxygen atoms in total. The number of carbonyl (C=O) groups excluding carboxylic acids is 1. The summed E-state index contributed by atoms with van der Waals surface area (Å²) in [6.07, 6.45) is 1.00. The number of anilines is 1. The van der Waals surface area contributed by atoms with Gasteiger partial charge in [0.1, 0.15) is 18.0 Å². The van der Waals surface area contributed by atoms with Crippen LogP contribution < -0.4 is 23.8 Å². The van der Waals surface area contributed by atoms with Crippen molar-refractivity contribution in [2.24, 2.45) is 0 Å². The lowest BCUT2D eigenvalue weighted by Crippen LogP contribution is -2.30. The Bertz CT molecular complexity index is 1360. The van der Waals surface area contributed by atoms with Gasteiger partial charge in [0.05, 0.1) is 38.5 Å². The third-order valence-corrected chi connectivity index (χ3v) is 6.43. The lowest BCUT2D eigenvalue weighted by molar-refractivity contribution is -0.384. The molecule has 0 saturated carbocycles. The zero-order valence-corrected chi connectivity index (χ0v) is 21.4. The first-order valence-corrected chi connectivity index (χ1v) is 12.9. The highest BCUT2D eigenvalue weighted by molar-refractivity contribution is 7.92. The van der Waals surface area contributed by atoms with Crippen LogP contribution in [0.25, 0.3) is 0 Å². The average Bonchev–Trinajstić information content (AvgIpc) is 2.89. The number of carbonyl (C=O) groups is 1. The van der Waals surface area contributed by atoms with Gasteiger partial charge in [-0.05, 0) is 35.9 Å². The van der Waals surface area contributed by atoms with E-state index < -0.39 is 14.9 Å². The number of benzene rings is 3. The van der Waals surface area contributed by atoms with Crippen molar-refractivity contribution in [1.82, 2.24) is 5.32 Å². The highest BCUT2D eigenvalue weighted by atomic mass is 32.2. The maximum Gasteiger partial charge on any atom is 0.271 e. The monoisotopic (exact) mass is 529 g/mol. The number of methoxy groups -OCH3 is 2. The number of para-hydroxylation sites is 2. The Morgan fingerprint density at radius 2 is 1.62 bits per heavy atom. The summed E-state index contributed by atoms with van der Waals surface area (Å²) < 4.78 is 42.2. The minimum absolute atomic E-state index is 0.0380. The van der Waals surface area contributed by atoms with Crippen molar-refractivity contribution in [3.63, 3.8) is 0 Å². The molecule has 0 aliphatic rings. The molecule has 0 fully saturated rings. The summed E-state index contributed by atoms with van der Waals surface area (Å²) in [5.74, 6) is 1.01. The predicted octanol–water partition coefficient (Wildman–Crippen LogP) is 3.39. The third kappa shape index (κ3) is 7.10. The van der Waals surface area contributed by atoms with Crippen molar-refractivity contribution < 1.29 is 32.3 Å². The summed E-state index contributed by atoms with van der Waals surface area (Å²) in [4.78, 5) is 23.1. The minimum atomic E-state index is -3.83. The molecule has 3 rings (SSSR count). The fourth-order valence-corrected chi connectivity index (χ4v) is 4.34. The molecule has 12 heteroatoms. The Morgan fingerprint density at radius 1 is 0.973 bits per heavy atom. The van der Waals surface area contributed by atoms with Crippen LogP contribution in [0, 0.1) is 10.1 Å². The molecule has 3 aromatic rings. The van der Waals surface area contributed by atoms with Crippen LogP contribution in [0.2, 0.25) is 0 Å². The highest BCUT2D eigenvalue weighted by Crippen LogP contribution is 2.34. The Kier molecular flexibility index (Phi) is 8.90. The van der Waals surface area contributed by atoms with Gasteiger partial charge < -0.3 is 19.5 Å². The van der Waals surface area contributed by atoms with Gasteiger partial charge in [-0.15, -0.1) is 0 Å². The van der Waals surface area contributed by atoms with Crippen molar-refractivity contribution in [3.05, 3.63) is 88.0 Å². The van der Waals surface area contributed by atoms with Gasteiger partial charge in [-0.1, -0.05) is 24.3 Å². The molecule has 1 N–H and O–H groups in total. The molecular formula is C25H27N3O8S. The number of nitrogens with one attached hydrogen (secondary N) is 1. The number of hydrogen-bond acceptors (Lipinski definition) is 8. The van der Waals surface area contributed by atoms with Crippen molar-refractivity contribution >= 4 is 27.3 Å². The lowest BCUT2D eigenvalue weighted by Gasteiger charge is -2.24. The second-order valence-electron chi connectivity index (χ2n) is 7.84. The summed E-state index contributed by atoms with van der Waals surface area (Å²) in [6, 6.07) is 17.3. The van der Waals surface area contributed by atoms with Crippen LogP contribution in [0.1, 0.15) is 15.9 Å². The first-order valence-electron chi connectivity index (χ1n) is 11.1. The number of nitrogens with zero attached hydrogens (tertiary/aromatic N) is 2. The smallest absolute Gasteiger partial charge is 0.271 e. The van der Waals surface area contributed by atoms with E-state index in [0.717, 1.165) is 16.6 Å². The Labute approximate surface area is 214 Å². The first-order chi connectivity index (χ1) is 17.6. The molecule has 0 radical (unpaired) electrons. The summed E-state index contributed by atoms with van der Waals surface area (Å²) in [5, 5.41) is 14.0. The molecule has 0 atom stereocenters. The maximum absolute atomic E-state index is 12.6. The standard InChI is InChI=1S/C25H27N3O8S/c1-34-22-13-12-20(28(30)31)16-21(22)27(37(3,32)33)17-18-8-10-19(11-9-18)25(29)26-14-15-36-24-7-5-4-6-23(24)35-2/h4-13,16H,14-15,17H2,1-3H3,(H,26,29). The van der Waals surface area contributed by atoms with Crippen LogP contribution in [0.3, 0.4) is 0 Å². The van der Waals surface area contributed by atoms with Crippen molar-refractivity contribution in [3.8, 4) is 17.2 Å². The number of amides is 1. The number of non-ortho nitro benzene ring substituents is 1. The molecule has 1 amide bonds. The van der Waals surface area contributed by atoms with Gasteiger partial charge in [0.25, 0.3) is 11.6 Å². The molecule has 0 aliphatic carbocycles. The SMILES string of the molecule is COc1ccccc1OCCNC(=O)c1ccc(CN(c2cc([N+](=O)[O-])ccc2OC)S(C)(=O)=O)cc1. The lowest BCUT2D eigenvalue weighted by atomic mass is 10.1. The fraction of sp³-hybridized carbons (Fsp3) is 0.240. The van der Waals surface area contributed by atoms with Crippen LogP contribution >= 0.6 is 0 Å². The largest absolute Gasteiger partial charge is 0.495 e. The highest BCUT2D eigenvalue weighted by Gasteiger charge is 2.24. The van der Waals surface area contributed by atoms with Gasteiger partial charge in [0.2, 0.25) is 10.0 Å². The van der Waals surface area contributed by atoms with E-state index in [0.29, 0.717) is 22.6 Å². The molecule has 0 saturated heterocycles. The summed E-state index contributed by atoms with van der Waals surface area (Å²) in [7, 11) is -0.940. The molecule has 0 unspecified atom stereocenters. The molecule has 0 bridgehead atoms. The van der Waals surface area contributed by atoms with Gasteiger partial charge in [-0.2, -0.15) is 0 Å². The van der Waals surface area contributed by atoms with E-state index in [1.807, 2.05) is 12.1 Å².